The van der Waals surface area contributed by atoms with E-state index in [1.54, 1.807) is 12.1 Å². The highest BCUT2D eigenvalue weighted by molar-refractivity contribution is 7.22. The molecule has 1 fully saturated rings. The van der Waals surface area contributed by atoms with Gasteiger partial charge in [-0.3, -0.25) is 4.99 Å². The third kappa shape index (κ3) is 5.50. The number of fused-ring (bicyclic) bond motifs is 3. The molecule has 5 rings (SSSR count). The summed E-state index contributed by atoms with van der Waals surface area (Å²) < 4.78 is 14.0. The van der Waals surface area contributed by atoms with Gasteiger partial charge in [-0.1, -0.05) is 30.4 Å². The number of aryl methyl sites for hydroxylation is 1. The Bertz CT molecular complexity index is 1160. The van der Waals surface area contributed by atoms with E-state index in [1.807, 2.05) is 12.3 Å². The van der Waals surface area contributed by atoms with Crippen molar-refractivity contribution >= 4 is 21.5 Å². The molecule has 3 nitrogen and oxygen atoms in total. The van der Waals surface area contributed by atoms with Crippen LogP contribution in [-0.2, 0) is 6.42 Å². The van der Waals surface area contributed by atoms with Gasteiger partial charge in [0.2, 0.25) is 0 Å². The van der Waals surface area contributed by atoms with Gasteiger partial charge in [0, 0.05) is 30.4 Å². The van der Waals surface area contributed by atoms with E-state index in [4.69, 9.17) is 4.99 Å². The Morgan fingerprint density at radius 3 is 2.89 bits per heavy atom. The number of rotatable bonds is 4. The number of hydrogen-bond donors (Lipinski definition) is 2. The molecule has 0 saturated carbocycles. The average Bonchev–Trinajstić information content (AvgIpc) is 3.17. The summed E-state index contributed by atoms with van der Waals surface area (Å²) in [6.45, 7) is 9.69. The van der Waals surface area contributed by atoms with Gasteiger partial charge in [0.15, 0.2) is 0 Å². The predicted octanol–water partition coefficient (Wildman–Crippen LogP) is 6.27. The molecule has 0 aromatic heterocycles. The Labute approximate surface area is 211 Å². The van der Waals surface area contributed by atoms with Crippen LogP contribution < -0.4 is 10.6 Å². The van der Waals surface area contributed by atoms with Crippen LogP contribution in [0.4, 0.5) is 4.39 Å². The number of piperidine rings is 1. The molecule has 0 radical (unpaired) electrons. The Balaban J connectivity index is 1.50. The third-order valence-electron chi connectivity index (χ3n) is 8.07. The van der Waals surface area contributed by atoms with E-state index in [0.717, 1.165) is 63.0 Å². The Kier molecular flexibility index (Phi) is 7.62. The molecule has 1 aromatic rings. The number of halogens is 1. The number of nitrogens with zero attached hydrogens (tertiary/aromatic N) is 1. The predicted molar refractivity (Wildman–Crippen MR) is 149 cm³/mol. The van der Waals surface area contributed by atoms with Gasteiger partial charge in [-0.25, -0.2) is 4.39 Å². The van der Waals surface area contributed by atoms with Crippen molar-refractivity contribution in [3.8, 4) is 0 Å². The van der Waals surface area contributed by atoms with Gasteiger partial charge in [-0.2, -0.15) is 0 Å². The standard InChI is InChI=1S/C30H37FN3P/c1-19-24(17-34-27-10-12-32-13-11-27)7-6-23-16-28(30(19)35)20(2)33-18-29(23)22-5-3-4-21-8-9-26(31)15-25(21)14-22/h7-9,14-15,18,27-28,32,34H,2-6,10-13,16-17,35H2,1H3. The monoisotopic (exact) mass is 489 g/mol. The largest absolute Gasteiger partial charge is 0.317 e. The number of nitrogens with one attached hydrogen (secondary N) is 2. The van der Waals surface area contributed by atoms with Gasteiger partial charge in [-0.15, -0.1) is 9.24 Å². The molecule has 2 N–H and O–H groups in total. The van der Waals surface area contributed by atoms with Crippen LogP contribution in [0.1, 0.15) is 56.6 Å². The molecule has 2 atom stereocenters. The number of benzene rings is 1. The van der Waals surface area contributed by atoms with Crippen molar-refractivity contribution < 1.29 is 4.39 Å². The van der Waals surface area contributed by atoms with E-state index in [2.05, 4.69) is 45.5 Å². The fourth-order valence-electron chi connectivity index (χ4n) is 5.80. The number of aliphatic imine (C=N–C) groups is 1. The summed E-state index contributed by atoms with van der Waals surface area (Å²) in [5, 5.41) is 8.56. The molecule has 1 aromatic carbocycles. The highest BCUT2D eigenvalue weighted by atomic mass is 31.0. The summed E-state index contributed by atoms with van der Waals surface area (Å²) in [5.41, 5.74) is 9.81. The zero-order valence-electron chi connectivity index (χ0n) is 20.8. The highest BCUT2D eigenvalue weighted by Gasteiger charge is 2.27. The molecule has 0 amide bonds. The molecule has 2 heterocycles. The first-order valence-electron chi connectivity index (χ1n) is 13.0. The van der Waals surface area contributed by atoms with Crippen LogP contribution in [0.15, 0.2) is 74.7 Å². The smallest absolute Gasteiger partial charge is 0.123 e. The van der Waals surface area contributed by atoms with E-state index >= 15 is 0 Å². The fourth-order valence-corrected chi connectivity index (χ4v) is 6.29. The van der Waals surface area contributed by atoms with E-state index in [0.29, 0.717) is 6.04 Å². The van der Waals surface area contributed by atoms with Crippen molar-refractivity contribution in [3.63, 3.8) is 0 Å². The van der Waals surface area contributed by atoms with Crippen LogP contribution in [0.3, 0.4) is 0 Å². The highest BCUT2D eigenvalue weighted by Crippen LogP contribution is 2.42. The second-order valence-corrected chi connectivity index (χ2v) is 10.9. The van der Waals surface area contributed by atoms with Crippen LogP contribution in [0.2, 0.25) is 0 Å². The van der Waals surface area contributed by atoms with E-state index in [-0.39, 0.29) is 11.7 Å². The molecule has 184 valence electrons. The van der Waals surface area contributed by atoms with Crippen LogP contribution in [-0.4, -0.2) is 31.9 Å². The van der Waals surface area contributed by atoms with Crippen molar-refractivity contribution in [3.05, 3.63) is 86.7 Å². The second-order valence-electron chi connectivity index (χ2n) is 10.3. The molecule has 5 heteroatoms. The number of allylic oxidation sites excluding steroid dienone is 5. The minimum absolute atomic E-state index is 0.171. The molecule has 1 saturated heterocycles. The van der Waals surface area contributed by atoms with Crippen molar-refractivity contribution in [1.82, 2.24) is 10.6 Å². The lowest BCUT2D eigenvalue weighted by Gasteiger charge is -2.27. The topological polar surface area (TPSA) is 36.4 Å². The maximum absolute atomic E-state index is 14.0. The summed E-state index contributed by atoms with van der Waals surface area (Å²) in [7, 11) is 3.01. The lowest BCUT2D eigenvalue weighted by atomic mass is 9.84. The maximum atomic E-state index is 14.0. The molecular weight excluding hydrogens is 452 g/mol. The summed E-state index contributed by atoms with van der Waals surface area (Å²) in [4.78, 5) is 4.85. The molecule has 35 heavy (non-hydrogen) atoms. The normalized spacial score (nSPS) is 23.7. The third-order valence-corrected chi connectivity index (χ3v) is 8.91. The minimum atomic E-state index is -0.171. The fraction of sp³-hybridized carbons (Fsp3) is 0.433. The van der Waals surface area contributed by atoms with E-state index in [9.17, 15) is 4.39 Å². The molecule has 0 spiro atoms. The van der Waals surface area contributed by atoms with Crippen LogP contribution in [0, 0.1) is 11.7 Å². The molecule has 2 aliphatic heterocycles. The maximum Gasteiger partial charge on any atom is 0.123 e. The van der Waals surface area contributed by atoms with Crippen molar-refractivity contribution in [1.29, 1.82) is 0 Å². The molecule has 4 aliphatic rings. The first-order chi connectivity index (χ1) is 17.0. The quantitative estimate of drug-likeness (QED) is 0.489. The average molecular weight is 490 g/mol. The van der Waals surface area contributed by atoms with Gasteiger partial charge >= 0.3 is 0 Å². The summed E-state index contributed by atoms with van der Waals surface area (Å²) in [5.74, 6) is 0.0253. The lowest BCUT2D eigenvalue weighted by molar-refractivity contribution is 0.397. The SMILES string of the molecule is C=C1N=CC(C2=Cc3cc(F)ccc3CCC2)=C2CC=C(CNC3CCNCC3)C(C)=C(P)C1C2. The van der Waals surface area contributed by atoms with Gasteiger partial charge in [0.05, 0.1) is 0 Å². The van der Waals surface area contributed by atoms with Crippen molar-refractivity contribution in [2.75, 3.05) is 19.6 Å². The zero-order valence-corrected chi connectivity index (χ0v) is 22.0. The van der Waals surface area contributed by atoms with E-state index < -0.39 is 0 Å². The van der Waals surface area contributed by atoms with Crippen molar-refractivity contribution in [2.24, 2.45) is 10.9 Å². The molecular formula is C30H37FN3P. The zero-order chi connectivity index (χ0) is 24.4. The minimum Gasteiger partial charge on any atom is -0.317 e. The molecule has 2 unspecified atom stereocenters. The van der Waals surface area contributed by atoms with Gasteiger partial charge in [-0.05, 0) is 116 Å². The van der Waals surface area contributed by atoms with Crippen LogP contribution in [0.25, 0.3) is 6.08 Å². The second kappa shape index (κ2) is 10.9. The van der Waals surface area contributed by atoms with Crippen molar-refractivity contribution in [2.45, 2.75) is 57.9 Å². The lowest BCUT2D eigenvalue weighted by Crippen LogP contribution is -2.40. The van der Waals surface area contributed by atoms with Gasteiger partial charge < -0.3 is 10.6 Å². The summed E-state index contributed by atoms with van der Waals surface area (Å²) >= 11 is 0. The van der Waals surface area contributed by atoms with Gasteiger partial charge in [0.1, 0.15) is 5.82 Å². The Morgan fingerprint density at radius 1 is 1.23 bits per heavy atom. The summed E-state index contributed by atoms with van der Waals surface area (Å²) in [6.07, 6.45) is 13.9. The Morgan fingerprint density at radius 2 is 2.06 bits per heavy atom. The van der Waals surface area contributed by atoms with E-state index in [1.165, 1.54) is 51.6 Å². The Hall–Kier alpha value is -2.13. The van der Waals surface area contributed by atoms with Crippen LogP contribution >= 0.6 is 9.24 Å². The number of hydrogen-bond acceptors (Lipinski definition) is 3. The van der Waals surface area contributed by atoms with Crippen LogP contribution in [0.5, 0.6) is 0 Å². The summed E-state index contributed by atoms with van der Waals surface area (Å²) in [6, 6.07) is 5.78. The first kappa shape index (κ1) is 24.6. The molecule has 2 aliphatic carbocycles. The van der Waals surface area contributed by atoms with Gasteiger partial charge in [0.25, 0.3) is 0 Å². The molecule has 2 bridgehead atoms. The first-order valence-corrected chi connectivity index (χ1v) is 13.6.